The lowest BCUT2D eigenvalue weighted by atomic mass is 10.3. The second-order valence-electron chi connectivity index (χ2n) is 4.12. The van der Waals surface area contributed by atoms with Crippen LogP contribution < -0.4 is 10.6 Å². The molecule has 2 rings (SSSR count). The number of urea groups is 1. The van der Waals surface area contributed by atoms with Gasteiger partial charge >= 0.3 is 6.03 Å². The van der Waals surface area contributed by atoms with E-state index in [1.807, 2.05) is 0 Å². The molecule has 9 heteroatoms. The van der Waals surface area contributed by atoms with Crippen LogP contribution in [0.4, 0.5) is 16.4 Å². The van der Waals surface area contributed by atoms with Gasteiger partial charge in [0, 0.05) is 19.0 Å². The van der Waals surface area contributed by atoms with E-state index in [1.165, 1.54) is 35.3 Å². The highest BCUT2D eigenvalue weighted by Crippen LogP contribution is 2.14. The number of carbonyl (C=O) groups excluding carboxylic acids is 1. The van der Waals surface area contributed by atoms with Gasteiger partial charge in [-0.15, -0.1) is 5.10 Å². The summed E-state index contributed by atoms with van der Waals surface area (Å²) in [5.41, 5.74) is 0.464. The summed E-state index contributed by atoms with van der Waals surface area (Å²) in [5.74, 6) is 0.178. The molecule has 0 saturated carbocycles. The lowest BCUT2D eigenvalue weighted by Crippen LogP contribution is -2.20. The molecular formula is C11H13N5O3S. The Morgan fingerprint density at radius 3 is 2.35 bits per heavy atom. The van der Waals surface area contributed by atoms with Gasteiger partial charge in [0.05, 0.1) is 4.90 Å². The molecule has 2 aromatic rings. The Balaban J connectivity index is 2.01. The highest BCUT2D eigenvalue weighted by Gasteiger charge is 2.08. The van der Waals surface area contributed by atoms with Gasteiger partial charge in [-0.1, -0.05) is 0 Å². The molecule has 0 aliphatic rings. The van der Waals surface area contributed by atoms with Crippen molar-refractivity contribution in [1.82, 2.24) is 14.8 Å². The number of hydrogen-bond acceptors (Lipinski definition) is 5. The number of aromatic nitrogens is 3. The van der Waals surface area contributed by atoms with Crippen LogP contribution in [0.5, 0.6) is 0 Å². The van der Waals surface area contributed by atoms with Crippen molar-refractivity contribution >= 4 is 27.5 Å². The second-order valence-corrected chi connectivity index (χ2v) is 6.13. The lowest BCUT2D eigenvalue weighted by Gasteiger charge is -2.05. The van der Waals surface area contributed by atoms with E-state index in [9.17, 15) is 13.2 Å². The van der Waals surface area contributed by atoms with Crippen LogP contribution in [0.1, 0.15) is 0 Å². The summed E-state index contributed by atoms with van der Waals surface area (Å²) in [5, 5.41) is 8.88. The van der Waals surface area contributed by atoms with Crippen LogP contribution in [-0.2, 0) is 16.9 Å². The summed E-state index contributed by atoms with van der Waals surface area (Å²) in [7, 11) is -1.56. The van der Waals surface area contributed by atoms with Gasteiger partial charge in [-0.25, -0.2) is 18.2 Å². The number of sulfone groups is 1. The number of carbonyl (C=O) groups is 1. The molecule has 1 heterocycles. The zero-order valence-electron chi connectivity index (χ0n) is 10.9. The largest absolute Gasteiger partial charge is 0.326 e. The summed E-state index contributed by atoms with van der Waals surface area (Å²) in [6.07, 6.45) is 2.57. The van der Waals surface area contributed by atoms with Crippen molar-refractivity contribution in [3.8, 4) is 0 Å². The van der Waals surface area contributed by atoms with E-state index < -0.39 is 15.9 Å². The molecule has 0 spiro atoms. The minimum Gasteiger partial charge on any atom is -0.308 e. The topological polar surface area (TPSA) is 106 Å². The first-order valence-electron chi connectivity index (χ1n) is 5.58. The fraction of sp³-hybridized carbons (Fsp3) is 0.182. The molecule has 20 heavy (non-hydrogen) atoms. The van der Waals surface area contributed by atoms with Crippen LogP contribution in [0.25, 0.3) is 0 Å². The molecule has 0 aliphatic carbocycles. The maximum atomic E-state index is 11.6. The molecule has 1 aromatic heterocycles. The third-order valence-corrected chi connectivity index (χ3v) is 3.49. The monoisotopic (exact) mass is 295 g/mol. The number of aryl methyl sites for hydroxylation is 1. The van der Waals surface area contributed by atoms with Gasteiger partial charge < -0.3 is 5.32 Å². The molecule has 0 unspecified atom stereocenters. The summed E-state index contributed by atoms with van der Waals surface area (Å²) < 4.78 is 24.0. The van der Waals surface area contributed by atoms with Crippen LogP contribution in [0.2, 0.25) is 0 Å². The van der Waals surface area contributed by atoms with Crippen molar-refractivity contribution in [2.45, 2.75) is 4.90 Å². The summed E-state index contributed by atoms with van der Waals surface area (Å²) in [4.78, 5) is 15.7. The first kappa shape index (κ1) is 14.0. The van der Waals surface area contributed by atoms with Crippen LogP contribution in [-0.4, -0.2) is 35.5 Å². The fourth-order valence-electron chi connectivity index (χ4n) is 1.45. The predicted octanol–water partition coefficient (Wildman–Crippen LogP) is 0.863. The molecule has 1 aromatic carbocycles. The Morgan fingerprint density at radius 2 is 1.85 bits per heavy atom. The highest BCUT2D eigenvalue weighted by atomic mass is 32.2. The van der Waals surface area contributed by atoms with Gasteiger partial charge in [0.1, 0.15) is 6.33 Å². The quantitative estimate of drug-likeness (QED) is 0.873. The van der Waals surface area contributed by atoms with Crippen molar-refractivity contribution in [2.75, 3.05) is 16.9 Å². The molecule has 106 valence electrons. The molecule has 0 atom stereocenters. The molecule has 0 saturated heterocycles. The Hall–Kier alpha value is -2.42. The normalized spacial score (nSPS) is 11.1. The Labute approximate surface area is 115 Å². The SMILES string of the molecule is Cn1cnc(NC(=O)Nc2ccc(S(C)(=O)=O)cc2)n1. The predicted molar refractivity (Wildman–Crippen MR) is 73.2 cm³/mol. The number of anilines is 2. The lowest BCUT2D eigenvalue weighted by molar-refractivity contribution is 0.262. The maximum absolute atomic E-state index is 11.6. The molecule has 0 aliphatic heterocycles. The molecule has 0 radical (unpaired) electrons. The Kier molecular flexibility index (Phi) is 3.70. The van der Waals surface area contributed by atoms with E-state index in [0.29, 0.717) is 5.69 Å². The van der Waals surface area contributed by atoms with Crippen molar-refractivity contribution in [3.05, 3.63) is 30.6 Å². The smallest absolute Gasteiger partial charge is 0.308 e. The number of hydrogen-bond donors (Lipinski definition) is 2. The first-order chi connectivity index (χ1) is 9.34. The summed E-state index contributed by atoms with van der Waals surface area (Å²) in [6.45, 7) is 0. The van der Waals surface area contributed by atoms with E-state index in [4.69, 9.17) is 0 Å². The third-order valence-electron chi connectivity index (χ3n) is 2.37. The minimum absolute atomic E-state index is 0.178. The van der Waals surface area contributed by atoms with Gasteiger partial charge in [0.2, 0.25) is 5.95 Å². The van der Waals surface area contributed by atoms with Gasteiger partial charge in [0.25, 0.3) is 0 Å². The zero-order chi connectivity index (χ0) is 14.8. The van der Waals surface area contributed by atoms with Crippen LogP contribution in [0.3, 0.4) is 0 Å². The van der Waals surface area contributed by atoms with Crippen molar-refractivity contribution < 1.29 is 13.2 Å². The second kappa shape index (κ2) is 5.29. The van der Waals surface area contributed by atoms with Crippen molar-refractivity contribution in [3.63, 3.8) is 0 Å². The van der Waals surface area contributed by atoms with Gasteiger partial charge in [-0.2, -0.15) is 0 Å². The summed E-state index contributed by atoms with van der Waals surface area (Å²) in [6, 6.07) is 5.33. The fourth-order valence-corrected chi connectivity index (χ4v) is 2.08. The van der Waals surface area contributed by atoms with Gasteiger partial charge in [-0.05, 0) is 24.3 Å². The molecule has 2 amide bonds. The van der Waals surface area contributed by atoms with Crippen molar-refractivity contribution in [2.24, 2.45) is 7.05 Å². The summed E-state index contributed by atoms with van der Waals surface area (Å²) >= 11 is 0. The Morgan fingerprint density at radius 1 is 1.20 bits per heavy atom. The standard InChI is InChI=1S/C11H13N5O3S/c1-16-7-12-10(15-16)14-11(17)13-8-3-5-9(6-4-8)20(2,18)19/h3-7H,1-2H3,(H2,13,14,15,17). The third kappa shape index (κ3) is 3.54. The van der Waals surface area contributed by atoms with E-state index in [0.717, 1.165) is 6.26 Å². The van der Waals surface area contributed by atoms with E-state index in [2.05, 4.69) is 20.7 Å². The first-order valence-corrected chi connectivity index (χ1v) is 7.47. The molecule has 0 bridgehead atoms. The highest BCUT2D eigenvalue weighted by molar-refractivity contribution is 7.90. The number of nitrogens with zero attached hydrogens (tertiary/aromatic N) is 3. The average molecular weight is 295 g/mol. The number of nitrogens with one attached hydrogen (secondary N) is 2. The van der Waals surface area contributed by atoms with Gasteiger partial charge in [0.15, 0.2) is 9.84 Å². The van der Waals surface area contributed by atoms with Crippen molar-refractivity contribution in [1.29, 1.82) is 0 Å². The molecule has 0 fully saturated rings. The molecule has 2 N–H and O–H groups in total. The average Bonchev–Trinajstić information content (AvgIpc) is 2.74. The van der Waals surface area contributed by atoms with Gasteiger partial charge in [-0.3, -0.25) is 10.00 Å². The minimum atomic E-state index is -3.24. The van der Waals surface area contributed by atoms with E-state index in [-0.39, 0.29) is 10.8 Å². The molecule has 8 nitrogen and oxygen atoms in total. The number of amides is 2. The molecular weight excluding hydrogens is 282 g/mol. The van der Waals surface area contributed by atoms with E-state index >= 15 is 0 Å². The zero-order valence-corrected chi connectivity index (χ0v) is 11.7. The Bertz CT molecular complexity index is 721. The van der Waals surface area contributed by atoms with Crippen LogP contribution in [0, 0.1) is 0 Å². The van der Waals surface area contributed by atoms with Crippen LogP contribution in [0.15, 0.2) is 35.5 Å². The van der Waals surface area contributed by atoms with Crippen LogP contribution >= 0.6 is 0 Å². The van der Waals surface area contributed by atoms with E-state index in [1.54, 1.807) is 7.05 Å². The number of rotatable bonds is 3. The number of benzene rings is 1. The maximum Gasteiger partial charge on any atom is 0.326 e.